The summed E-state index contributed by atoms with van der Waals surface area (Å²) in [5.41, 5.74) is 1.31. The summed E-state index contributed by atoms with van der Waals surface area (Å²) in [6.45, 7) is 1.33. The zero-order chi connectivity index (χ0) is 16.9. The fourth-order valence-electron chi connectivity index (χ4n) is 2.74. The number of hydrogen-bond donors (Lipinski definition) is 2. The Balaban J connectivity index is 1.70. The van der Waals surface area contributed by atoms with Gasteiger partial charge in [-0.25, -0.2) is 4.98 Å². The van der Waals surface area contributed by atoms with E-state index >= 15 is 0 Å². The molecular weight excluding hydrogens is 306 g/mol. The number of nitriles is 1. The fraction of sp³-hybridized carbons (Fsp3) is 0.294. The third-order valence-corrected chi connectivity index (χ3v) is 4.06. The van der Waals surface area contributed by atoms with Crippen LogP contribution in [-0.4, -0.2) is 34.1 Å². The standard InChI is InChI=1S/C17H17N5O2/c18-11-12-2-1-3-14(10-12)20-17-19-7-4-15(21-17)22-8-5-13(6-9-22)16(23)24/h1-4,7,10,13H,5-6,8-9H2,(H,23,24)(H,19,20,21). The summed E-state index contributed by atoms with van der Waals surface area (Å²) >= 11 is 0. The van der Waals surface area contributed by atoms with Crippen LogP contribution in [0.4, 0.5) is 17.5 Å². The molecule has 2 heterocycles. The van der Waals surface area contributed by atoms with Crippen LogP contribution < -0.4 is 10.2 Å². The van der Waals surface area contributed by atoms with Gasteiger partial charge in [-0.2, -0.15) is 10.2 Å². The van der Waals surface area contributed by atoms with Crippen LogP contribution in [0, 0.1) is 17.2 Å². The highest BCUT2D eigenvalue weighted by atomic mass is 16.4. The Morgan fingerprint density at radius 3 is 2.83 bits per heavy atom. The Morgan fingerprint density at radius 2 is 2.12 bits per heavy atom. The molecule has 0 unspecified atom stereocenters. The highest BCUT2D eigenvalue weighted by molar-refractivity contribution is 5.70. The quantitative estimate of drug-likeness (QED) is 0.890. The van der Waals surface area contributed by atoms with Gasteiger partial charge in [-0.15, -0.1) is 0 Å². The van der Waals surface area contributed by atoms with E-state index < -0.39 is 5.97 Å². The highest BCUT2D eigenvalue weighted by Gasteiger charge is 2.25. The number of benzene rings is 1. The molecule has 1 fully saturated rings. The van der Waals surface area contributed by atoms with Gasteiger partial charge in [-0.1, -0.05) is 6.07 Å². The van der Waals surface area contributed by atoms with Crippen LogP contribution in [0.1, 0.15) is 18.4 Å². The molecule has 0 spiro atoms. The summed E-state index contributed by atoms with van der Waals surface area (Å²) < 4.78 is 0. The summed E-state index contributed by atoms with van der Waals surface area (Å²) in [5.74, 6) is 0.224. The molecule has 1 aromatic carbocycles. The summed E-state index contributed by atoms with van der Waals surface area (Å²) in [5, 5.41) is 21.1. The van der Waals surface area contributed by atoms with Gasteiger partial charge in [0.2, 0.25) is 5.95 Å². The SMILES string of the molecule is N#Cc1cccc(Nc2nccc(N3CCC(C(=O)O)CC3)n2)c1. The molecule has 0 bridgehead atoms. The van der Waals surface area contributed by atoms with Gasteiger partial charge < -0.3 is 15.3 Å². The molecule has 24 heavy (non-hydrogen) atoms. The summed E-state index contributed by atoms with van der Waals surface area (Å²) in [7, 11) is 0. The first-order valence-electron chi connectivity index (χ1n) is 7.73. The zero-order valence-electron chi connectivity index (χ0n) is 13.0. The van der Waals surface area contributed by atoms with Crippen molar-refractivity contribution in [3.8, 4) is 6.07 Å². The number of nitrogens with zero attached hydrogens (tertiary/aromatic N) is 4. The monoisotopic (exact) mass is 323 g/mol. The Morgan fingerprint density at radius 1 is 1.33 bits per heavy atom. The van der Waals surface area contributed by atoms with Crippen molar-refractivity contribution in [1.29, 1.82) is 5.26 Å². The number of rotatable bonds is 4. The molecular formula is C17H17N5O2. The minimum absolute atomic E-state index is 0.269. The molecule has 7 nitrogen and oxygen atoms in total. The maximum atomic E-state index is 11.0. The second-order valence-corrected chi connectivity index (χ2v) is 5.66. The zero-order valence-corrected chi connectivity index (χ0v) is 13.0. The van der Waals surface area contributed by atoms with Gasteiger partial charge in [-0.05, 0) is 37.1 Å². The van der Waals surface area contributed by atoms with Gasteiger partial charge in [0.05, 0.1) is 17.6 Å². The minimum atomic E-state index is -0.725. The summed E-state index contributed by atoms with van der Waals surface area (Å²) in [4.78, 5) is 21.8. The van der Waals surface area contributed by atoms with Crippen molar-refractivity contribution >= 4 is 23.4 Å². The maximum Gasteiger partial charge on any atom is 0.306 e. The van der Waals surface area contributed by atoms with E-state index in [0.29, 0.717) is 37.4 Å². The first-order valence-corrected chi connectivity index (χ1v) is 7.73. The molecule has 0 atom stereocenters. The molecule has 0 amide bonds. The average molecular weight is 323 g/mol. The molecule has 3 rings (SSSR count). The number of piperidine rings is 1. The van der Waals surface area contributed by atoms with Crippen LogP contribution in [0.25, 0.3) is 0 Å². The Hall–Kier alpha value is -3.14. The van der Waals surface area contributed by atoms with Crippen molar-refractivity contribution in [2.75, 3.05) is 23.3 Å². The molecule has 2 N–H and O–H groups in total. The molecule has 1 aliphatic heterocycles. The topological polar surface area (TPSA) is 102 Å². The smallest absolute Gasteiger partial charge is 0.306 e. The van der Waals surface area contributed by atoms with E-state index in [4.69, 9.17) is 10.4 Å². The lowest BCUT2D eigenvalue weighted by Gasteiger charge is -2.31. The Labute approximate surface area is 139 Å². The molecule has 7 heteroatoms. The first kappa shape index (κ1) is 15.7. The van der Waals surface area contributed by atoms with Crippen molar-refractivity contribution < 1.29 is 9.90 Å². The van der Waals surface area contributed by atoms with Crippen molar-refractivity contribution in [2.24, 2.45) is 5.92 Å². The van der Waals surface area contributed by atoms with E-state index in [1.165, 1.54) is 0 Å². The van der Waals surface area contributed by atoms with Gasteiger partial charge in [0.1, 0.15) is 5.82 Å². The van der Waals surface area contributed by atoms with E-state index in [-0.39, 0.29) is 5.92 Å². The van der Waals surface area contributed by atoms with E-state index in [9.17, 15) is 4.79 Å². The third kappa shape index (κ3) is 3.60. The average Bonchev–Trinajstić information content (AvgIpc) is 2.62. The van der Waals surface area contributed by atoms with Gasteiger partial charge in [-0.3, -0.25) is 4.79 Å². The lowest BCUT2D eigenvalue weighted by Crippen LogP contribution is -2.36. The second-order valence-electron chi connectivity index (χ2n) is 5.66. The lowest BCUT2D eigenvalue weighted by atomic mass is 9.97. The number of carboxylic acid groups (broad SMARTS) is 1. The van der Waals surface area contributed by atoms with Crippen molar-refractivity contribution in [3.05, 3.63) is 42.1 Å². The molecule has 1 aliphatic rings. The van der Waals surface area contributed by atoms with E-state index in [1.54, 1.807) is 24.4 Å². The molecule has 122 valence electrons. The fourth-order valence-corrected chi connectivity index (χ4v) is 2.74. The number of carboxylic acids is 1. The predicted octanol–water partition coefficient (Wildman–Crippen LogP) is 2.39. The number of anilines is 3. The highest BCUT2D eigenvalue weighted by Crippen LogP contribution is 2.23. The van der Waals surface area contributed by atoms with Crippen LogP contribution in [-0.2, 0) is 4.79 Å². The van der Waals surface area contributed by atoms with Crippen LogP contribution >= 0.6 is 0 Å². The van der Waals surface area contributed by atoms with E-state index in [2.05, 4.69) is 26.3 Å². The molecule has 2 aromatic rings. The van der Waals surface area contributed by atoms with Gasteiger partial charge in [0.25, 0.3) is 0 Å². The number of aliphatic carboxylic acids is 1. The number of hydrogen-bond acceptors (Lipinski definition) is 6. The molecule has 1 saturated heterocycles. The Kier molecular flexibility index (Phi) is 4.57. The Bertz CT molecular complexity index is 779. The number of carbonyl (C=O) groups is 1. The largest absolute Gasteiger partial charge is 0.481 e. The summed E-state index contributed by atoms with van der Waals surface area (Å²) in [6.07, 6.45) is 2.90. The van der Waals surface area contributed by atoms with Gasteiger partial charge >= 0.3 is 5.97 Å². The van der Waals surface area contributed by atoms with Crippen LogP contribution in [0.3, 0.4) is 0 Å². The number of aromatic nitrogens is 2. The summed E-state index contributed by atoms with van der Waals surface area (Å²) in [6, 6.07) is 11.0. The maximum absolute atomic E-state index is 11.0. The van der Waals surface area contributed by atoms with E-state index in [1.807, 2.05) is 12.1 Å². The van der Waals surface area contributed by atoms with Crippen molar-refractivity contribution in [2.45, 2.75) is 12.8 Å². The molecule has 1 aromatic heterocycles. The van der Waals surface area contributed by atoms with Crippen molar-refractivity contribution in [1.82, 2.24) is 9.97 Å². The number of nitrogens with one attached hydrogen (secondary N) is 1. The van der Waals surface area contributed by atoms with Gasteiger partial charge in [0, 0.05) is 25.0 Å². The molecule has 0 aliphatic carbocycles. The lowest BCUT2D eigenvalue weighted by molar-refractivity contribution is -0.142. The normalized spacial score (nSPS) is 14.9. The van der Waals surface area contributed by atoms with Crippen LogP contribution in [0.5, 0.6) is 0 Å². The predicted molar refractivity (Wildman–Crippen MR) is 89.0 cm³/mol. The minimum Gasteiger partial charge on any atom is -0.481 e. The first-order chi connectivity index (χ1) is 11.7. The van der Waals surface area contributed by atoms with Crippen LogP contribution in [0.2, 0.25) is 0 Å². The van der Waals surface area contributed by atoms with Crippen LogP contribution in [0.15, 0.2) is 36.5 Å². The molecule has 0 saturated carbocycles. The van der Waals surface area contributed by atoms with E-state index in [0.717, 1.165) is 11.5 Å². The second kappa shape index (κ2) is 6.96. The van der Waals surface area contributed by atoms with Gasteiger partial charge in [0.15, 0.2) is 0 Å². The van der Waals surface area contributed by atoms with Crippen molar-refractivity contribution in [3.63, 3.8) is 0 Å². The third-order valence-electron chi connectivity index (χ3n) is 4.06. The molecule has 0 radical (unpaired) electrons.